The monoisotopic (exact) mass is 446 g/mol. The number of aryl methyl sites for hydroxylation is 1. The van der Waals surface area contributed by atoms with Crippen molar-refractivity contribution in [3.63, 3.8) is 0 Å². The smallest absolute Gasteiger partial charge is 0.437 e. The topological polar surface area (TPSA) is 93.7 Å². The Morgan fingerprint density at radius 3 is 2.39 bits per heavy atom. The highest BCUT2D eigenvalue weighted by molar-refractivity contribution is 6.04. The molecule has 1 unspecified atom stereocenters. The number of ether oxygens (including phenoxy) is 2. The molecule has 1 atom stereocenters. The molecule has 8 heteroatoms. The SMILES string of the molecule is CCCCc1ncc(COc2ccc(C3(C)OC(=O)N(Nc4ccccc4)C3=O)cc2)cn1. The summed E-state index contributed by atoms with van der Waals surface area (Å²) in [5, 5.41) is 0.893. The van der Waals surface area contributed by atoms with Gasteiger partial charge in [0.15, 0.2) is 0 Å². The molecule has 3 aromatic rings. The molecule has 1 N–H and O–H groups in total. The van der Waals surface area contributed by atoms with Crippen molar-refractivity contribution in [2.45, 2.75) is 45.3 Å². The Labute approximate surface area is 192 Å². The Morgan fingerprint density at radius 1 is 1.03 bits per heavy atom. The molecule has 2 aromatic carbocycles. The summed E-state index contributed by atoms with van der Waals surface area (Å²) in [5.74, 6) is 0.962. The molecule has 1 saturated heterocycles. The van der Waals surface area contributed by atoms with Gasteiger partial charge in [-0.05, 0) is 37.6 Å². The first kappa shape index (κ1) is 22.3. The molecule has 1 fully saturated rings. The number of hydrogen-bond donors (Lipinski definition) is 1. The number of hydrazine groups is 1. The van der Waals surface area contributed by atoms with Crippen LogP contribution in [0, 0.1) is 0 Å². The average molecular weight is 447 g/mol. The van der Waals surface area contributed by atoms with E-state index in [-0.39, 0.29) is 0 Å². The van der Waals surface area contributed by atoms with E-state index in [1.807, 2.05) is 6.07 Å². The van der Waals surface area contributed by atoms with Crippen LogP contribution in [0.5, 0.6) is 5.75 Å². The highest BCUT2D eigenvalue weighted by Crippen LogP contribution is 2.35. The number of carbonyl (C=O) groups is 2. The van der Waals surface area contributed by atoms with Crippen LogP contribution in [-0.4, -0.2) is 27.0 Å². The zero-order valence-electron chi connectivity index (χ0n) is 18.7. The number of unbranched alkanes of at least 4 members (excludes halogenated alkanes) is 1. The molecule has 170 valence electrons. The van der Waals surface area contributed by atoms with Gasteiger partial charge < -0.3 is 9.47 Å². The lowest BCUT2D eigenvalue weighted by atomic mass is 9.95. The predicted molar refractivity (Wildman–Crippen MR) is 122 cm³/mol. The van der Waals surface area contributed by atoms with Gasteiger partial charge in [-0.25, -0.2) is 14.8 Å². The minimum Gasteiger partial charge on any atom is -0.489 e. The van der Waals surface area contributed by atoms with Gasteiger partial charge in [-0.1, -0.05) is 43.7 Å². The van der Waals surface area contributed by atoms with Crippen LogP contribution in [-0.2, 0) is 28.2 Å². The quantitative estimate of drug-likeness (QED) is 0.513. The molecule has 8 nitrogen and oxygen atoms in total. The Kier molecular flexibility index (Phi) is 6.53. The van der Waals surface area contributed by atoms with Crippen molar-refractivity contribution >= 4 is 17.7 Å². The molecule has 0 aliphatic carbocycles. The third-order valence-electron chi connectivity index (χ3n) is 5.42. The zero-order valence-corrected chi connectivity index (χ0v) is 18.7. The van der Waals surface area contributed by atoms with Crippen molar-refractivity contribution in [2.75, 3.05) is 5.43 Å². The highest BCUT2D eigenvalue weighted by Gasteiger charge is 2.52. The molecule has 1 aliphatic heterocycles. The minimum absolute atomic E-state index is 0.327. The minimum atomic E-state index is -1.43. The van der Waals surface area contributed by atoms with Gasteiger partial charge in [-0.15, -0.1) is 5.01 Å². The number of carbonyl (C=O) groups excluding carboxylic acids is 2. The lowest BCUT2D eigenvalue weighted by Crippen LogP contribution is -2.40. The van der Waals surface area contributed by atoms with Gasteiger partial charge in [0.25, 0.3) is 5.91 Å². The summed E-state index contributed by atoms with van der Waals surface area (Å²) >= 11 is 0. The van der Waals surface area contributed by atoms with Crippen molar-refractivity contribution in [3.8, 4) is 5.75 Å². The van der Waals surface area contributed by atoms with Gasteiger partial charge in [0, 0.05) is 29.9 Å². The van der Waals surface area contributed by atoms with E-state index in [0.29, 0.717) is 23.6 Å². The van der Waals surface area contributed by atoms with Gasteiger partial charge >= 0.3 is 6.09 Å². The average Bonchev–Trinajstić information content (AvgIpc) is 3.07. The second kappa shape index (κ2) is 9.68. The van der Waals surface area contributed by atoms with Crippen LogP contribution >= 0.6 is 0 Å². The van der Waals surface area contributed by atoms with Crippen LogP contribution in [0.25, 0.3) is 0 Å². The lowest BCUT2D eigenvalue weighted by Gasteiger charge is -2.21. The first-order chi connectivity index (χ1) is 16.0. The predicted octanol–water partition coefficient (Wildman–Crippen LogP) is 4.62. The van der Waals surface area contributed by atoms with E-state index in [9.17, 15) is 9.59 Å². The number of para-hydroxylation sites is 1. The largest absolute Gasteiger partial charge is 0.489 e. The molecule has 2 amide bonds. The molecule has 4 rings (SSSR count). The summed E-state index contributed by atoms with van der Waals surface area (Å²) in [4.78, 5) is 34.1. The standard InChI is InChI=1S/C25H26N4O4/c1-3-4-10-22-26-15-18(16-27-22)17-32-21-13-11-19(12-14-21)25(2)23(30)29(24(31)33-25)28-20-8-6-5-7-9-20/h5-9,11-16,28H,3-4,10,17H2,1-2H3. The van der Waals surface area contributed by atoms with Crippen molar-refractivity contribution < 1.29 is 19.1 Å². The molecule has 0 bridgehead atoms. The summed E-state index contributed by atoms with van der Waals surface area (Å²) in [6.07, 6.45) is 5.85. The third kappa shape index (κ3) is 4.95. The molecule has 2 heterocycles. The van der Waals surface area contributed by atoms with Crippen LogP contribution in [0.15, 0.2) is 67.0 Å². The second-order valence-corrected chi connectivity index (χ2v) is 7.94. The summed E-state index contributed by atoms with van der Waals surface area (Å²) in [6.45, 7) is 4.04. The molecule has 1 aromatic heterocycles. The van der Waals surface area contributed by atoms with Crippen molar-refractivity contribution in [1.29, 1.82) is 0 Å². The Morgan fingerprint density at radius 2 is 1.73 bits per heavy atom. The van der Waals surface area contributed by atoms with Gasteiger partial charge in [-0.2, -0.15) is 0 Å². The number of aromatic nitrogens is 2. The van der Waals surface area contributed by atoms with E-state index >= 15 is 0 Å². The van der Waals surface area contributed by atoms with E-state index in [0.717, 1.165) is 35.7 Å². The van der Waals surface area contributed by atoms with Crippen molar-refractivity contribution in [2.24, 2.45) is 0 Å². The molecular weight excluding hydrogens is 420 g/mol. The fraction of sp³-hybridized carbons (Fsp3) is 0.280. The Hall–Kier alpha value is -3.94. The van der Waals surface area contributed by atoms with Crippen LogP contribution < -0.4 is 10.2 Å². The third-order valence-corrected chi connectivity index (χ3v) is 5.42. The van der Waals surface area contributed by atoms with E-state index in [1.165, 1.54) is 0 Å². The summed E-state index contributed by atoms with van der Waals surface area (Å²) in [6, 6.07) is 15.9. The maximum Gasteiger partial charge on any atom is 0.437 e. The van der Waals surface area contributed by atoms with Gasteiger partial charge in [0.05, 0.1) is 5.69 Å². The maximum absolute atomic E-state index is 13.0. The molecular formula is C25H26N4O4. The number of imide groups is 1. The van der Waals surface area contributed by atoms with E-state index in [2.05, 4.69) is 22.3 Å². The molecule has 0 saturated carbocycles. The van der Waals surface area contributed by atoms with E-state index < -0.39 is 17.6 Å². The molecule has 33 heavy (non-hydrogen) atoms. The number of anilines is 1. The number of benzene rings is 2. The van der Waals surface area contributed by atoms with Crippen LogP contribution in [0.4, 0.5) is 10.5 Å². The lowest BCUT2D eigenvalue weighted by molar-refractivity contribution is -0.135. The second-order valence-electron chi connectivity index (χ2n) is 7.94. The van der Waals surface area contributed by atoms with Crippen LogP contribution in [0.1, 0.15) is 43.6 Å². The first-order valence-corrected chi connectivity index (χ1v) is 10.9. The summed E-state index contributed by atoms with van der Waals surface area (Å²) in [7, 11) is 0. The molecule has 1 aliphatic rings. The normalized spacial score (nSPS) is 17.7. The van der Waals surface area contributed by atoms with E-state index in [4.69, 9.17) is 9.47 Å². The maximum atomic E-state index is 13.0. The zero-order chi connectivity index (χ0) is 23.3. The van der Waals surface area contributed by atoms with Crippen LogP contribution in [0.2, 0.25) is 0 Å². The number of hydrogen-bond acceptors (Lipinski definition) is 7. The van der Waals surface area contributed by atoms with Gasteiger partial charge in [-0.3, -0.25) is 10.2 Å². The fourth-order valence-electron chi connectivity index (χ4n) is 3.44. The summed E-state index contributed by atoms with van der Waals surface area (Å²) < 4.78 is 11.3. The first-order valence-electron chi connectivity index (χ1n) is 10.9. The van der Waals surface area contributed by atoms with Crippen molar-refractivity contribution in [3.05, 3.63) is 83.9 Å². The number of nitrogens with zero attached hydrogens (tertiary/aromatic N) is 3. The summed E-state index contributed by atoms with van der Waals surface area (Å²) in [5.41, 5.74) is 3.40. The number of amides is 2. The fourth-order valence-corrected chi connectivity index (χ4v) is 3.44. The van der Waals surface area contributed by atoms with Crippen molar-refractivity contribution in [1.82, 2.24) is 15.0 Å². The van der Waals surface area contributed by atoms with E-state index in [1.54, 1.807) is 67.8 Å². The molecule has 0 spiro atoms. The van der Waals surface area contributed by atoms with Crippen LogP contribution in [0.3, 0.4) is 0 Å². The van der Waals surface area contributed by atoms with Gasteiger partial charge in [0.1, 0.15) is 18.2 Å². The molecule has 0 radical (unpaired) electrons. The number of cyclic esters (lactones) is 1. The highest BCUT2D eigenvalue weighted by atomic mass is 16.6. The van der Waals surface area contributed by atoms with Gasteiger partial charge in [0.2, 0.25) is 5.60 Å². The number of nitrogens with one attached hydrogen (secondary N) is 1. The number of rotatable bonds is 9. The Bertz CT molecular complexity index is 1100. The Balaban J connectivity index is 1.39.